The largest absolute Gasteiger partial charge is 0.456 e. The van der Waals surface area contributed by atoms with Crippen LogP contribution < -0.4 is 10.5 Å². The maximum Gasteiger partial charge on any atom is 0.140 e. The fraction of sp³-hybridized carbons (Fsp3) is 0.0714. The highest BCUT2D eigenvalue weighted by Gasteiger charge is 2.11. The molecule has 0 aliphatic heterocycles. The molecule has 0 saturated carbocycles. The maximum absolute atomic E-state index is 5.96. The van der Waals surface area contributed by atoms with Gasteiger partial charge < -0.3 is 10.5 Å². The minimum atomic E-state index is 0.291. The third kappa shape index (κ3) is 3.18. The van der Waals surface area contributed by atoms with Gasteiger partial charge in [0.1, 0.15) is 16.5 Å². The van der Waals surface area contributed by atoms with Crippen LogP contribution in [-0.2, 0) is 0 Å². The van der Waals surface area contributed by atoms with Gasteiger partial charge in [-0.25, -0.2) is 0 Å². The summed E-state index contributed by atoms with van der Waals surface area (Å²) < 4.78 is 5.83. The van der Waals surface area contributed by atoms with Crippen LogP contribution in [0.4, 0.5) is 0 Å². The minimum absolute atomic E-state index is 0.291. The molecule has 2 N–H and O–H groups in total. The molecule has 2 nitrogen and oxygen atoms in total. The first-order valence-electron chi connectivity index (χ1n) is 5.51. The molecule has 0 saturated heterocycles. The summed E-state index contributed by atoms with van der Waals surface area (Å²) in [5.41, 5.74) is 7.33. The van der Waals surface area contributed by atoms with Crippen LogP contribution in [0.5, 0.6) is 11.5 Å². The molecule has 0 spiro atoms. The number of rotatable bonds is 3. The predicted molar refractivity (Wildman–Crippen MR) is 83.6 cm³/mol. The Bertz CT molecular complexity index is 643. The average molecular weight is 312 g/mol. The molecule has 5 heteroatoms. The van der Waals surface area contributed by atoms with E-state index in [9.17, 15) is 0 Å². The zero-order valence-electron chi connectivity index (χ0n) is 10.1. The van der Waals surface area contributed by atoms with Gasteiger partial charge >= 0.3 is 0 Å². The zero-order chi connectivity index (χ0) is 14.0. The highest BCUT2D eigenvalue weighted by molar-refractivity contribution is 7.80. The highest BCUT2D eigenvalue weighted by Crippen LogP contribution is 2.32. The molecule has 0 heterocycles. The van der Waals surface area contributed by atoms with Crippen molar-refractivity contribution in [2.45, 2.75) is 6.92 Å². The topological polar surface area (TPSA) is 35.2 Å². The lowest BCUT2D eigenvalue weighted by atomic mass is 10.1. The molecule has 0 fully saturated rings. The Balaban J connectivity index is 2.42. The van der Waals surface area contributed by atoms with Crippen LogP contribution >= 0.6 is 35.4 Å². The molecule has 0 atom stereocenters. The molecule has 2 rings (SSSR count). The van der Waals surface area contributed by atoms with Crippen molar-refractivity contribution < 1.29 is 4.74 Å². The Morgan fingerprint density at radius 3 is 2.53 bits per heavy atom. The molecule has 2 aromatic rings. The number of para-hydroxylation sites is 1. The molecule has 0 bridgehead atoms. The number of nitrogens with two attached hydrogens (primary N) is 1. The fourth-order valence-corrected chi connectivity index (χ4v) is 2.09. The van der Waals surface area contributed by atoms with Crippen molar-refractivity contribution in [3.05, 3.63) is 57.6 Å². The first-order chi connectivity index (χ1) is 8.99. The van der Waals surface area contributed by atoms with Crippen LogP contribution in [0, 0.1) is 6.92 Å². The van der Waals surface area contributed by atoms with Gasteiger partial charge in [0.15, 0.2) is 0 Å². The van der Waals surface area contributed by atoms with Gasteiger partial charge in [-0.1, -0.05) is 47.6 Å². The van der Waals surface area contributed by atoms with Crippen molar-refractivity contribution in [3.63, 3.8) is 0 Å². The van der Waals surface area contributed by atoms with Crippen LogP contribution in [0.15, 0.2) is 36.4 Å². The van der Waals surface area contributed by atoms with Gasteiger partial charge in [0.2, 0.25) is 0 Å². The molecule has 0 radical (unpaired) electrons. The molecule has 19 heavy (non-hydrogen) atoms. The number of hydrogen-bond donors (Lipinski definition) is 1. The van der Waals surface area contributed by atoms with E-state index < -0.39 is 0 Å². The van der Waals surface area contributed by atoms with Crippen molar-refractivity contribution >= 4 is 40.4 Å². The number of halogens is 2. The normalized spacial score (nSPS) is 10.3. The van der Waals surface area contributed by atoms with Gasteiger partial charge in [-0.3, -0.25) is 0 Å². The summed E-state index contributed by atoms with van der Waals surface area (Å²) in [6.45, 7) is 1.93. The second-order valence-electron chi connectivity index (χ2n) is 3.99. The number of aryl methyl sites for hydroxylation is 1. The molecular formula is C14H11Cl2NOS. The smallest absolute Gasteiger partial charge is 0.140 e. The Morgan fingerprint density at radius 2 is 1.89 bits per heavy atom. The molecule has 0 amide bonds. The van der Waals surface area contributed by atoms with E-state index in [0.717, 1.165) is 5.56 Å². The number of hydrogen-bond acceptors (Lipinski definition) is 2. The molecule has 2 aromatic carbocycles. The van der Waals surface area contributed by atoms with Gasteiger partial charge in [-0.05, 0) is 30.7 Å². The van der Waals surface area contributed by atoms with E-state index in [1.807, 2.05) is 25.1 Å². The van der Waals surface area contributed by atoms with E-state index in [-0.39, 0.29) is 0 Å². The maximum atomic E-state index is 5.96. The second kappa shape index (κ2) is 5.78. The van der Waals surface area contributed by atoms with E-state index >= 15 is 0 Å². The van der Waals surface area contributed by atoms with Crippen LogP contribution in [0.2, 0.25) is 10.0 Å². The van der Waals surface area contributed by atoms with Crippen LogP contribution in [-0.4, -0.2) is 4.99 Å². The summed E-state index contributed by atoms with van der Waals surface area (Å²) >= 11 is 16.9. The van der Waals surface area contributed by atoms with Crippen LogP contribution in [0.3, 0.4) is 0 Å². The first kappa shape index (κ1) is 14.1. The van der Waals surface area contributed by atoms with Gasteiger partial charge in [-0.15, -0.1) is 0 Å². The summed E-state index contributed by atoms with van der Waals surface area (Å²) in [5.74, 6) is 1.22. The van der Waals surface area contributed by atoms with Crippen molar-refractivity contribution in [2.24, 2.45) is 5.73 Å². The van der Waals surface area contributed by atoms with Crippen molar-refractivity contribution in [1.29, 1.82) is 0 Å². The van der Waals surface area contributed by atoms with Crippen molar-refractivity contribution in [1.82, 2.24) is 0 Å². The lowest BCUT2D eigenvalue weighted by Crippen LogP contribution is -2.11. The van der Waals surface area contributed by atoms with Crippen LogP contribution in [0.25, 0.3) is 0 Å². The third-order valence-electron chi connectivity index (χ3n) is 2.59. The molecular weight excluding hydrogens is 301 g/mol. The lowest BCUT2D eigenvalue weighted by Gasteiger charge is -2.13. The van der Waals surface area contributed by atoms with E-state index in [1.165, 1.54) is 0 Å². The summed E-state index contributed by atoms with van der Waals surface area (Å²) in [6, 6.07) is 10.7. The quantitative estimate of drug-likeness (QED) is 0.832. The molecule has 98 valence electrons. The Morgan fingerprint density at radius 1 is 1.16 bits per heavy atom. The van der Waals surface area contributed by atoms with E-state index in [0.29, 0.717) is 32.1 Å². The highest BCUT2D eigenvalue weighted by atomic mass is 35.5. The lowest BCUT2D eigenvalue weighted by molar-refractivity contribution is 0.478. The Kier molecular flexibility index (Phi) is 4.30. The minimum Gasteiger partial charge on any atom is -0.456 e. The van der Waals surface area contributed by atoms with Crippen molar-refractivity contribution in [2.75, 3.05) is 0 Å². The van der Waals surface area contributed by atoms with Gasteiger partial charge in [0.05, 0.1) is 15.6 Å². The monoisotopic (exact) mass is 311 g/mol. The zero-order valence-corrected chi connectivity index (χ0v) is 12.4. The first-order valence-corrected chi connectivity index (χ1v) is 6.68. The molecule has 0 aliphatic carbocycles. The molecule has 0 aromatic heterocycles. The van der Waals surface area contributed by atoms with E-state index in [2.05, 4.69) is 0 Å². The third-order valence-corrected chi connectivity index (χ3v) is 3.55. The van der Waals surface area contributed by atoms with Crippen LogP contribution in [0.1, 0.15) is 11.1 Å². The number of ether oxygens (including phenoxy) is 1. The SMILES string of the molecule is Cc1cccc(C(N)=S)c1Oc1ccc(Cl)c(Cl)c1. The second-order valence-corrected chi connectivity index (χ2v) is 5.25. The van der Waals surface area contributed by atoms with Gasteiger partial charge in [-0.2, -0.15) is 0 Å². The van der Waals surface area contributed by atoms with E-state index in [4.69, 9.17) is 45.9 Å². The Labute approximate surface area is 127 Å². The molecule has 0 aliphatic rings. The average Bonchev–Trinajstić information content (AvgIpc) is 2.36. The van der Waals surface area contributed by atoms with Crippen molar-refractivity contribution in [3.8, 4) is 11.5 Å². The summed E-state index contributed by atoms with van der Waals surface area (Å²) in [7, 11) is 0. The Hall–Kier alpha value is -1.29. The summed E-state index contributed by atoms with van der Waals surface area (Å²) in [4.78, 5) is 0.291. The van der Waals surface area contributed by atoms with Gasteiger partial charge in [0, 0.05) is 6.07 Å². The standard InChI is InChI=1S/C14H11Cl2NOS/c1-8-3-2-4-10(14(17)19)13(8)18-9-5-6-11(15)12(16)7-9/h2-7H,1H3,(H2,17,19). The number of benzene rings is 2. The molecule has 0 unspecified atom stereocenters. The fourth-order valence-electron chi connectivity index (χ4n) is 1.64. The summed E-state index contributed by atoms with van der Waals surface area (Å²) in [5, 5.41) is 0.915. The van der Waals surface area contributed by atoms with Gasteiger partial charge in [0.25, 0.3) is 0 Å². The summed E-state index contributed by atoms with van der Waals surface area (Å²) in [6.07, 6.45) is 0. The predicted octanol–water partition coefficient (Wildman–Crippen LogP) is 4.73. The number of thiocarbonyl (C=S) groups is 1. The van der Waals surface area contributed by atoms with E-state index in [1.54, 1.807) is 18.2 Å².